The number of amides is 1. The average molecular weight is 453 g/mol. The molecule has 2 aromatic heterocycles. The predicted octanol–water partition coefficient (Wildman–Crippen LogP) is 3.70. The van der Waals surface area contributed by atoms with E-state index in [0.29, 0.717) is 23.8 Å². The number of nitrogens with zero attached hydrogens (tertiary/aromatic N) is 2. The molecular weight excluding hydrogens is 427 g/mol. The van der Waals surface area contributed by atoms with E-state index in [4.69, 9.17) is 9.47 Å². The van der Waals surface area contributed by atoms with Crippen molar-refractivity contribution in [2.45, 2.75) is 19.4 Å². The van der Waals surface area contributed by atoms with Crippen LogP contribution in [-0.4, -0.2) is 35.5 Å². The summed E-state index contributed by atoms with van der Waals surface area (Å²) in [6.45, 7) is 2.01. The van der Waals surface area contributed by atoms with Gasteiger partial charge >= 0.3 is 0 Å². The number of aromatic nitrogens is 2. The average Bonchev–Trinajstić information content (AvgIpc) is 3.16. The number of methoxy groups -OCH3 is 1. The fraction of sp³-hybridized carbons (Fsp3) is 0.333. The molecule has 1 saturated heterocycles. The number of pyridine rings is 1. The van der Waals surface area contributed by atoms with Gasteiger partial charge in [0.2, 0.25) is 5.91 Å². The maximum atomic E-state index is 12.5. The van der Waals surface area contributed by atoms with Gasteiger partial charge in [-0.05, 0) is 43.7 Å². The highest BCUT2D eigenvalue weighted by molar-refractivity contribution is 5.93. The number of benzene rings is 1. The molecule has 3 heterocycles. The van der Waals surface area contributed by atoms with Crippen LogP contribution in [0.25, 0.3) is 5.65 Å². The number of carbonyl (C=O) groups excluding carboxylic acids is 1. The first-order valence-corrected chi connectivity index (χ1v) is 9.48. The summed E-state index contributed by atoms with van der Waals surface area (Å²) in [5.74, 6) is 1.21. The third-order valence-corrected chi connectivity index (χ3v) is 4.89. The van der Waals surface area contributed by atoms with E-state index in [0.717, 1.165) is 37.3 Å². The highest BCUT2D eigenvalue weighted by Gasteiger charge is 2.21. The van der Waals surface area contributed by atoms with E-state index in [1.54, 1.807) is 19.2 Å². The third kappa shape index (κ3) is 5.56. The Kier molecular flexibility index (Phi) is 8.77. The van der Waals surface area contributed by atoms with Crippen molar-refractivity contribution in [2.24, 2.45) is 5.92 Å². The Morgan fingerprint density at radius 1 is 1.27 bits per heavy atom. The number of fused-ring (bicyclic) bond motifs is 1. The number of carbonyl (C=O) groups is 1. The molecule has 1 unspecified atom stereocenters. The van der Waals surface area contributed by atoms with Gasteiger partial charge in [0.05, 0.1) is 18.7 Å². The zero-order valence-corrected chi connectivity index (χ0v) is 18.3. The van der Waals surface area contributed by atoms with Crippen LogP contribution in [0, 0.1) is 5.92 Å². The number of hydrogen-bond donors (Lipinski definition) is 2. The van der Waals surface area contributed by atoms with Gasteiger partial charge in [0, 0.05) is 30.7 Å². The first-order chi connectivity index (χ1) is 13.7. The van der Waals surface area contributed by atoms with Gasteiger partial charge in [-0.15, -0.1) is 24.8 Å². The number of imidazole rings is 1. The van der Waals surface area contributed by atoms with Crippen molar-refractivity contribution in [1.29, 1.82) is 0 Å². The highest BCUT2D eigenvalue weighted by atomic mass is 35.5. The van der Waals surface area contributed by atoms with Crippen molar-refractivity contribution >= 4 is 42.1 Å². The van der Waals surface area contributed by atoms with Gasteiger partial charge < -0.3 is 24.5 Å². The predicted molar refractivity (Wildman–Crippen MR) is 121 cm³/mol. The lowest BCUT2D eigenvalue weighted by molar-refractivity contribution is -0.120. The maximum absolute atomic E-state index is 12.5. The summed E-state index contributed by atoms with van der Waals surface area (Å²) in [5.41, 5.74) is 2.38. The van der Waals surface area contributed by atoms with Gasteiger partial charge in [-0.1, -0.05) is 6.07 Å². The van der Waals surface area contributed by atoms with Crippen molar-refractivity contribution in [2.75, 3.05) is 25.5 Å². The van der Waals surface area contributed by atoms with Crippen LogP contribution in [0.15, 0.2) is 48.8 Å². The van der Waals surface area contributed by atoms with Gasteiger partial charge in [0.1, 0.15) is 12.3 Å². The molecule has 4 rings (SSSR count). The van der Waals surface area contributed by atoms with Crippen molar-refractivity contribution in [1.82, 2.24) is 14.7 Å². The lowest BCUT2D eigenvalue weighted by Gasteiger charge is -2.22. The number of hydrogen-bond acceptors (Lipinski definition) is 5. The molecule has 0 spiro atoms. The Hall–Kier alpha value is -2.48. The normalized spacial score (nSPS) is 15.6. The van der Waals surface area contributed by atoms with Crippen molar-refractivity contribution < 1.29 is 14.3 Å². The number of rotatable bonds is 6. The quantitative estimate of drug-likeness (QED) is 0.595. The molecule has 2 N–H and O–H groups in total. The van der Waals surface area contributed by atoms with E-state index in [1.807, 2.05) is 41.1 Å². The molecule has 1 fully saturated rings. The summed E-state index contributed by atoms with van der Waals surface area (Å²) in [6, 6.07) is 11.3. The monoisotopic (exact) mass is 452 g/mol. The van der Waals surface area contributed by atoms with Crippen LogP contribution < -0.4 is 20.1 Å². The molecule has 30 heavy (non-hydrogen) atoms. The van der Waals surface area contributed by atoms with Crippen LogP contribution in [0.1, 0.15) is 18.5 Å². The van der Waals surface area contributed by atoms with E-state index in [-0.39, 0.29) is 36.6 Å². The summed E-state index contributed by atoms with van der Waals surface area (Å²) in [4.78, 5) is 17.0. The minimum absolute atomic E-state index is 0. The molecule has 1 aliphatic rings. The van der Waals surface area contributed by atoms with Crippen LogP contribution in [0.3, 0.4) is 0 Å². The molecule has 9 heteroatoms. The molecule has 0 bridgehead atoms. The van der Waals surface area contributed by atoms with E-state index >= 15 is 0 Å². The van der Waals surface area contributed by atoms with E-state index in [9.17, 15) is 4.79 Å². The second kappa shape index (κ2) is 11.1. The number of nitrogens with one attached hydrogen (secondary N) is 2. The maximum Gasteiger partial charge on any atom is 0.228 e. The molecule has 1 atom stereocenters. The molecular formula is C21H26Cl2N4O3. The molecule has 1 amide bonds. The van der Waals surface area contributed by atoms with Crippen molar-refractivity contribution in [3.63, 3.8) is 0 Å². The number of halogens is 2. The highest BCUT2D eigenvalue weighted by Crippen LogP contribution is 2.31. The van der Waals surface area contributed by atoms with Crippen LogP contribution in [0.2, 0.25) is 0 Å². The van der Waals surface area contributed by atoms with Gasteiger partial charge in [-0.3, -0.25) is 4.79 Å². The zero-order chi connectivity index (χ0) is 19.3. The molecule has 3 aromatic rings. The standard InChI is InChI=1S/C21H24N4O3.2ClH/c1-27-18-8-7-16(24-21(26)15-5-4-9-22-12-15)11-19(18)28-14-17-13-25-10-3-2-6-20(25)23-17;;/h2-3,6-8,10-11,13,15,22H,4-5,9,12,14H2,1H3,(H,24,26);2*1H. The van der Waals surface area contributed by atoms with Gasteiger partial charge in [0.15, 0.2) is 11.5 Å². The van der Waals surface area contributed by atoms with Crippen molar-refractivity contribution in [3.8, 4) is 11.5 Å². The molecule has 0 radical (unpaired) electrons. The second-order valence-corrected chi connectivity index (χ2v) is 6.89. The SMILES string of the molecule is COc1ccc(NC(=O)C2CCCNC2)cc1OCc1cn2ccccc2n1.Cl.Cl. The van der Waals surface area contributed by atoms with Gasteiger partial charge in [-0.25, -0.2) is 4.98 Å². The van der Waals surface area contributed by atoms with E-state index < -0.39 is 0 Å². The summed E-state index contributed by atoms with van der Waals surface area (Å²) < 4.78 is 13.3. The number of piperidine rings is 1. The Labute approximate surface area is 188 Å². The fourth-order valence-corrected chi connectivity index (χ4v) is 3.40. The van der Waals surface area contributed by atoms with E-state index in [1.165, 1.54) is 0 Å². The van der Waals surface area contributed by atoms with Crippen LogP contribution in [0.5, 0.6) is 11.5 Å². The molecule has 0 aliphatic carbocycles. The third-order valence-electron chi connectivity index (χ3n) is 4.89. The summed E-state index contributed by atoms with van der Waals surface area (Å²) >= 11 is 0. The lowest BCUT2D eigenvalue weighted by Crippen LogP contribution is -2.37. The smallest absolute Gasteiger partial charge is 0.228 e. The summed E-state index contributed by atoms with van der Waals surface area (Å²) in [6.07, 6.45) is 5.81. The first-order valence-electron chi connectivity index (χ1n) is 9.48. The fourth-order valence-electron chi connectivity index (χ4n) is 3.40. The number of anilines is 1. The lowest BCUT2D eigenvalue weighted by atomic mass is 9.99. The topological polar surface area (TPSA) is 76.9 Å². The molecule has 0 saturated carbocycles. The molecule has 1 aliphatic heterocycles. The molecule has 7 nitrogen and oxygen atoms in total. The van der Waals surface area contributed by atoms with Crippen molar-refractivity contribution in [3.05, 3.63) is 54.5 Å². The Bertz CT molecular complexity index is 941. The first kappa shape index (κ1) is 23.8. The van der Waals surface area contributed by atoms with Gasteiger partial charge in [-0.2, -0.15) is 0 Å². The zero-order valence-electron chi connectivity index (χ0n) is 16.7. The minimum Gasteiger partial charge on any atom is -0.493 e. The minimum atomic E-state index is -0.00167. The van der Waals surface area contributed by atoms with Gasteiger partial charge in [0.25, 0.3) is 0 Å². The van der Waals surface area contributed by atoms with Crippen LogP contribution in [0.4, 0.5) is 5.69 Å². The Morgan fingerprint density at radius 2 is 2.13 bits per heavy atom. The summed E-state index contributed by atoms with van der Waals surface area (Å²) in [5, 5.41) is 6.25. The Balaban J connectivity index is 0.00000160. The Morgan fingerprint density at radius 3 is 2.87 bits per heavy atom. The van der Waals surface area contributed by atoms with E-state index in [2.05, 4.69) is 15.6 Å². The van der Waals surface area contributed by atoms with Crippen LogP contribution >= 0.6 is 24.8 Å². The van der Waals surface area contributed by atoms with Crippen LogP contribution in [-0.2, 0) is 11.4 Å². The molecule has 162 valence electrons. The number of ether oxygens (including phenoxy) is 2. The molecule has 1 aromatic carbocycles. The summed E-state index contributed by atoms with van der Waals surface area (Å²) in [7, 11) is 1.60. The largest absolute Gasteiger partial charge is 0.493 e. The second-order valence-electron chi connectivity index (χ2n) is 6.89.